The minimum absolute atomic E-state index is 0.0339. The second-order valence-corrected chi connectivity index (χ2v) is 13.1. The van der Waals surface area contributed by atoms with Gasteiger partial charge in [-0.25, -0.2) is 8.42 Å². The molecule has 0 saturated carbocycles. The number of nitrogens with one attached hydrogen (secondary N) is 1. The normalized spacial score (nSPS) is 12.8. The van der Waals surface area contributed by atoms with E-state index in [1.54, 1.807) is 42.5 Å². The topological polar surface area (TPSA) is 86.8 Å². The first-order valence-electron chi connectivity index (χ1n) is 12.7. The first kappa shape index (κ1) is 31.9. The smallest absolute Gasteiger partial charge is 0.244 e. The molecular formula is C29H32BrCl2N3O4S. The Kier molecular flexibility index (Phi) is 11.5. The number of carbonyl (C=O) groups is 2. The Balaban J connectivity index is 2.10. The molecule has 3 aromatic carbocycles. The SMILES string of the molecule is CC[C@H](C)NC(=O)[C@@H](Cc1ccccc1)N(Cc1ccc(Cl)cc1Cl)C(=O)CN(c1ccccc1Br)S(C)(=O)=O. The van der Waals surface area contributed by atoms with Gasteiger partial charge in [-0.1, -0.05) is 78.7 Å². The van der Waals surface area contributed by atoms with Crippen molar-refractivity contribution in [3.05, 3.63) is 98.4 Å². The second-order valence-electron chi connectivity index (χ2n) is 9.50. The quantitative estimate of drug-likeness (QED) is 0.254. The number of hydrogen-bond acceptors (Lipinski definition) is 4. The van der Waals surface area contributed by atoms with Crippen molar-refractivity contribution in [2.75, 3.05) is 17.1 Å². The van der Waals surface area contributed by atoms with Gasteiger partial charge in [-0.05, 0) is 64.7 Å². The van der Waals surface area contributed by atoms with E-state index in [0.29, 0.717) is 32.2 Å². The van der Waals surface area contributed by atoms with Gasteiger partial charge in [0, 0.05) is 33.5 Å². The number of benzene rings is 3. The Morgan fingerprint density at radius 2 is 1.65 bits per heavy atom. The van der Waals surface area contributed by atoms with Crippen molar-refractivity contribution in [2.24, 2.45) is 0 Å². The van der Waals surface area contributed by atoms with Crippen LogP contribution in [0.2, 0.25) is 10.0 Å². The van der Waals surface area contributed by atoms with E-state index in [9.17, 15) is 18.0 Å². The van der Waals surface area contributed by atoms with Gasteiger partial charge in [-0.3, -0.25) is 13.9 Å². The van der Waals surface area contributed by atoms with Crippen molar-refractivity contribution >= 4 is 66.7 Å². The second kappa shape index (κ2) is 14.3. The van der Waals surface area contributed by atoms with E-state index in [-0.39, 0.29) is 24.9 Å². The summed E-state index contributed by atoms with van der Waals surface area (Å²) in [6, 6.07) is 19.9. The summed E-state index contributed by atoms with van der Waals surface area (Å²) in [5, 5.41) is 3.75. The molecule has 0 spiro atoms. The average molecular weight is 669 g/mol. The molecule has 214 valence electrons. The summed E-state index contributed by atoms with van der Waals surface area (Å²) in [5.74, 6) is -0.907. The number of rotatable bonds is 12. The molecule has 11 heteroatoms. The van der Waals surface area contributed by atoms with Gasteiger partial charge in [0.15, 0.2) is 0 Å². The van der Waals surface area contributed by atoms with E-state index in [0.717, 1.165) is 16.1 Å². The van der Waals surface area contributed by atoms with Crippen LogP contribution >= 0.6 is 39.1 Å². The van der Waals surface area contributed by atoms with Crippen molar-refractivity contribution in [1.82, 2.24) is 10.2 Å². The summed E-state index contributed by atoms with van der Waals surface area (Å²) in [6.45, 7) is 3.29. The lowest BCUT2D eigenvalue weighted by Gasteiger charge is -2.34. The van der Waals surface area contributed by atoms with Crippen LogP contribution in [0.25, 0.3) is 0 Å². The third kappa shape index (κ3) is 8.70. The highest BCUT2D eigenvalue weighted by molar-refractivity contribution is 9.10. The van der Waals surface area contributed by atoms with E-state index in [1.807, 2.05) is 44.2 Å². The number of sulfonamides is 1. The lowest BCUT2D eigenvalue weighted by molar-refractivity contribution is -0.140. The van der Waals surface area contributed by atoms with Crippen LogP contribution in [0.4, 0.5) is 5.69 Å². The van der Waals surface area contributed by atoms with Gasteiger partial charge in [-0.2, -0.15) is 0 Å². The monoisotopic (exact) mass is 667 g/mol. The third-order valence-electron chi connectivity index (χ3n) is 6.43. The molecule has 0 radical (unpaired) electrons. The van der Waals surface area contributed by atoms with E-state index < -0.39 is 28.5 Å². The standard InChI is InChI=1S/C29H32BrCl2N3O4S/c1-4-20(2)33-29(37)27(16-21-10-6-5-7-11-21)34(18-22-14-15-23(31)17-25(22)32)28(36)19-35(40(3,38)39)26-13-9-8-12-24(26)30/h5-15,17,20,27H,4,16,18-19H2,1-3H3,(H,33,37)/t20-,27+/m0/s1. The summed E-state index contributed by atoms with van der Waals surface area (Å²) in [7, 11) is -3.87. The predicted octanol–water partition coefficient (Wildman–Crippen LogP) is 6.08. The van der Waals surface area contributed by atoms with Gasteiger partial charge in [0.25, 0.3) is 0 Å². The van der Waals surface area contributed by atoms with E-state index in [1.165, 1.54) is 4.90 Å². The molecule has 0 saturated heterocycles. The Morgan fingerprint density at radius 3 is 2.25 bits per heavy atom. The van der Waals surface area contributed by atoms with Gasteiger partial charge in [0.2, 0.25) is 21.8 Å². The molecule has 7 nitrogen and oxygen atoms in total. The zero-order chi connectivity index (χ0) is 29.4. The molecule has 3 rings (SSSR count). The first-order valence-corrected chi connectivity index (χ1v) is 16.1. The maximum atomic E-state index is 14.1. The molecule has 0 aromatic heterocycles. The zero-order valence-corrected chi connectivity index (χ0v) is 26.4. The van der Waals surface area contributed by atoms with Gasteiger partial charge in [-0.15, -0.1) is 0 Å². The summed E-state index contributed by atoms with van der Waals surface area (Å²) in [4.78, 5) is 29.2. The van der Waals surface area contributed by atoms with Crippen LogP contribution in [-0.2, 0) is 32.6 Å². The van der Waals surface area contributed by atoms with Crippen LogP contribution in [0.3, 0.4) is 0 Å². The van der Waals surface area contributed by atoms with Crippen molar-refractivity contribution in [3.63, 3.8) is 0 Å². The molecule has 1 N–H and O–H groups in total. The van der Waals surface area contributed by atoms with E-state index in [2.05, 4.69) is 21.2 Å². The molecule has 0 aliphatic carbocycles. The Bertz CT molecular complexity index is 1440. The van der Waals surface area contributed by atoms with Gasteiger partial charge in [0.05, 0.1) is 11.9 Å². The van der Waals surface area contributed by atoms with Crippen LogP contribution in [0.5, 0.6) is 0 Å². The van der Waals surface area contributed by atoms with Crippen molar-refractivity contribution in [3.8, 4) is 0 Å². The highest BCUT2D eigenvalue weighted by Gasteiger charge is 2.34. The molecule has 0 unspecified atom stereocenters. The molecule has 40 heavy (non-hydrogen) atoms. The molecule has 0 bridgehead atoms. The number of amides is 2. The minimum atomic E-state index is -3.87. The first-order chi connectivity index (χ1) is 18.9. The van der Waals surface area contributed by atoms with E-state index >= 15 is 0 Å². The largest absolute Gasteiger partial charge is 0.352 e. The van der Waals surface area contributed by atoms with Gasteiger partial charge >= 0.3 is 0 Å². The zero-order valence-electron chi connectivity index (χ0n) is 22.5. The third-order valence-corrected chi connectivity index (χ3v) is 8.81. The lowest BCUT2D eigenvalue weighted by Crippen LogP contribution is -2.54. The molecular weight excluding hydrogens is 637 g/mol. The minimum Gasteiger partial charge on any atom is -0.352 e. The van der Waals surface area contributed by atoms with Crippen LogP contribution in [0.15, 0.2) is 77.3 Å². The fourth-order valence-corrected chi connectivity index (χ4v) is 6.02. The molecule has 2 amide bonds. The number of para-hydroxylation sites is 1. The van der Waals surface area contributed by atoms with E-state index in [4.69, 9.17) is 23.2 Å². The van der Waals surface area contributed by atoms with Crippen molar-refractivity contribution < 1.29 is 18.0 Å². The Labute approximate surface area is 254 Å². The maximum Gasteiger partial charge on any atom is 0.244 e. The fourth-order valence-electron chi connectivity index (χ4n) is 4.08. The van der Waals surface area contributed by atoms with Crippen molar-refractivity contribution in [2.45, 2.75) is 45.3 Å². The Morgan fingerprint density at radius 1 is 1.00 bits per heavy atom. The lowest BCUT2D eigenvalue weighted by atomic mass is 10.0. The summed E-state index contributed by atoms with van der Waals surface area (Å²) < 4.78 is 27.3. The highest BCUT2D eigenvalue weighted by atomic mass is 79.9. The predicted molar refractivity (Wildman–Crippen MR) is 165 cm³/mol. The van der Waals surface area contributed by atoms with Crippen LogP contribution < -0.4 is 9.62 Å². The van der Waals surface area contributed by atoms with Crippen molar-refractivity contribution in [1.29, 1.82) is 0 Å². The molecule has 0 heterocycles. The molecule has 0 fully saturated rings. The molecule has 3 aromatic rings. The molecule has 2 atom stereocenters. The number of hydrogen-bond donors (Lipinski definition) is 1. The maximum absolute atomic E-state index is 14.1. The fraction of sp³-hybridized carbons (Fsp3) is 0.310. The molecule has 0 aliphatic heterocycles. The van der Waals surface area contributed by atoms with Gasteiger partial charge < -0.3 is 10.2 Å². The van der Waals surface area contributed by atoms with Crippen LogP contribution in [0.1, 0.15) is 31.4 Å². The average Bonchev–Trinajstić information content (AvgIpc) is 2.90. The number of nitrogens with zero attached hydrogens (tertiary/aromatic N) is 2. The summed E-state index contributed by atoms with van der Waals surface area (Å²) >= 11 is 16.0. The number of anilines is 1. The number of halogens is 3. The van der Waals surface area contributed by atoms with Crippen LogP contribution in [-0.4, -0.2) is 50.0 Å². The van der Waals surface area contributed by atoms with Crippen LogP contribution in [0, 0.1) is 0 Å². The Hall–Kier alpha value is -2.59. The van der Waals surface area contributed by atoms with Gasteiger partial charge in [0.1, 0.15) is 12.6 Å². The highest BCUT2D eigenvalue weighted by Crippen LogP contribution is 2.29. The molecule has 0 aliphatic rings. The summed E-state index contributed by atoms with van der Waals surface area (Å²) in [6.07, 6.45) is 1.95. The summed E-state index contributed by atoms with van der Waals surface area (Å²) in [5.41, 5.74) is 1.73. The number of carbonyl (C=O) groups excluding carboxylic acids is 2.